The molecule has 1 spiro atoms. The molecule has 3 aliphatic heterocycles. The van der Waals surface area contributed by atoms with Gasteiger partial charge >= 0.3 is 0 Å². The Bertz CT molecular complexity index is 1120. The zero-order chi connectivity index (χ0) is 26.9. The predicted molar refractivity (Wildman–Crippen MR) is 153 cm³/mol. The Morgan fingerprint density at radius 3 is 2.54 bits per heavy atom. The number of anilines is 1. The molecule has 39 heavy (non-hydrogen) atoms. The summed E-state index contributed by atoms with van der Waals surface area (Å²) in [4.78, 5) is 28.8. The quantitative estimate of drug-likeness (QED) is 0.506. The van der Waals surface area contributed by atoms with Crippen molar-refractivity contribution in [3.05, 3.63) is 42.1 Å². The molecule has 4 heterocycles. The molecule has 3 aliphatic rings. The maximum atomic E-state index is 14.3. The fourth-order valence-corrected chi connectivity index (χ4v) is 6.38. The standard InChI is InChI=1S/C29H41FN6O2.ClH/c1-20(2)36(21(3)4)28(37)24-13-23(30)5-6-25(24)38-26-15-32-19-33-27(26)35-17-29(18-35)8-11-34(12-9-29)16-22-7-10-31-14-22;/h5-6,13,15,19-22,31H,7-12,14,16-18H2,1-4H3;1H/t22-;/m1./s1. The Morgan fingerprint density at radius 2 is 1.90 bits per heavy atom. The monoisotopic (exact) mass is 560 g/mol. The normalized spacial score (nSPS) is 20.7. The summed E-state index contributed by atoms with van der Waals surface area (Å²) < 4.78 is 20.5. The number of nitrogens with zero attached hydrogens (tertiary/aromatic N) is 5. The van der Waals surface area contributed by atoms with Crippen LogP contribution < -0.4 is 15.0 Å². The highest BCUT2D eigenvalue weighted by atomic mass is 35.5. The number of carbonyl (C=O) groups is 1. The third-order valence-electron chi connectivity index (χ3n) is 8.35. The van der Waals surface area contributed by atoms with E-state index in [1.807, 2.05) is 27.7 Å². The molecule has 1 amide bonds. The van der Waals surface area contributed by atoms with Crippen LogP contribution in [0.4, 0.5) is 10.2 Å². The first-order valence-electron chi connectivity index (χ1n) is 14.0. The number of rotatable bonds is 8. The lowest BCUT2D eigenvalue weighted by atomic mass is 9.72. The second-order valence-electron chi connectivity index (χ2n) is 11.9. The lowest BCUT2D eigenvalue weighted by molar-refractivity contribution is 0.0640. The zero-order valence-corrected chi connectivity index (χ0v) is 24.3. The highest BCUT2D eigenvalue weighted by Crippen LogP contribution is 2.45. The van der Waals surface area contributed by atoms with Gasteiger partial charge in [0.2, 0.25) is 0 Å². The van der Waals surface area contributed by atoms with E-state index >= 15 is 0 Å². The predicted octanol–water partition coefficient (Wildman–Crippen LogP) is 4.60. The van der Waals surface area contributed by atoms with Crippen molar-refractivity contribution in [1.29, 1.82) is 0 Å². The van der Waals surface area contributed by atoms with Gasteiger partial charge in [-0.05, 0) is 97.3 Å². The minimum Gasteiger partial charge on any atom is -0.451 e. The van der Waals surface area contributed by atoms with E-state index in [0.717, 1.165) is 51.0 Å². The number of nitrogens with one attached hydrogen (secondary N) is 1. The Hall–Kier alpha value is -2.49. The van der Waals surface area contributed by atoms with E-state index in [9.17, 15) is 9.18 Å². The van der Waals surface area contributed by atoms with Crippen molar-refractivity contribution in [2.45, 2.75) is 59.0 Å². The Kier molecular flexibility index (Phi) is 9.34. The van der Waals surface area contributed by atoms with Gasteiger partial charge in [0.25, 0.3) is 5.91 Å². The van der Waals surface area contributed by atoms with Gasteiger partial charge in [0.05, 0.1) is 11.8 Å². The first-order chi connectivity index (χ1) is 18.2. The molecule has 5 rings (SSSR count). The minimum atomic E-state index is -0.474. The van der Waals surface area contributed by atoms with Gasteiger partial charge in [-0.1, -0.05) is 0 Å². The van der Waals surface area contributed by atoms with Gasteiger partial charge < -0.3 is 24.8 Å². The molecular formula is C29H42ClFN6O2. The van der Waals surface area contributed by atoms with E-state index < -0.39 is 5.82 Å². The zero-order valence-electron chi connectivity index (χ0n) is 23.5. The van der Waals surface area contributed by atoms with E-state index in [1.54, 1.807) is 11.1 Å². The number of aromatic nitrogens is 2. The summed E-state index contributed by atoms with van der Waals surface area (Å²) in [5.74, 6) is 1.57. The maximum Gasteiger partial charge on any atom is 0.258 e. The van der Waals surface area contributed by atoms with Crippen molar-refractivity contribution < 1.29 is 13.9 Å². The van der Waals surface area contributed by atoms with Crippen LogP contribution in [0, 0.1) is 17.2 Å². The average molecular weight is 561 g/mol. The number of carbonyl (C=O) groups excluding carboxylic acids is 1. The molecule has 0 saturated carbocycles. The van der Waals surface area contributed by atoms with Crippen LogP contribution in [-0.2, 0) is 0 Å². The van der Waals surface area contributed by atoms with Crippen LogP contribution in [0.5, 0.6) is 11.5 Å². The van der Waals surface area contributed by atoms with Gasteiger partial charge in [-0.25, -0.2) is 14.4 Å². The van der Waals surface area contributed by atoms with Gasteiger partial charge in [0.15, 0.2) is 11.6 Å². The van der Waals surface area contributed by atoms with Gasteiger partial charge in [0, 0.05) is 37.1 Å². The third-order valence-corrected chi connectivity index (χ3v) is 8.35. The summed E-state index contributed by atoms with van der Waals surface area (Å²) in [7, 11) is 0. The molecular weight excluding hydrogens is 519 g/mol. The minimum absolute atomic E-state index is 0. The molecule has 1 aromatic heterocycles. The van der Waals surface area contributed by atoms with Gasteiger partial charge in [-0.15, -0.1) is 12.4 Å². The highest BCUT2D eigenvalue weighted by molar-refractivity contribution is 5.97. The number of hydrogen-bond acceptors (Lipinski definition) is 7. The molecule has 1 N–H and O–H groups in total. The summed E-state index contributed by atoms with van der Waals surface area (Å²) in [6.07, 6.45) is 6.84. The second-order valence-corrected chi connectivity index (χ2v) is 11.9. The number of amides is 1. The number of halogens is 2. The van der Waals surface area contributed by atoms with Crippen molar-refractivity contribution in [2.24, 2.45) is 11.3 Å². The van der Waals surface area contributed by atoms with Crippen LogP contribution in [0.1, 0.15) is 57.3 Å². The number of ether oxygens (including phenoxy) is 1. The second kappa shape index (κ2) is 12.4. The first-order valence-corrected chi connectivity index (χ1v) is 14.0. The topological polar surface area (TPSA) is 73.8 Å². The molecule has 0 radical (unpaired) electrons. The summed E-state index contributed by atoms with van der Waals surface area (Å²) in [5, 5.41) is 3.48. The van der Waals surface area contributed by atoms with Crippen molar-refractivity contribution >= 4 is 24.1 Å². The van der Waals surface area contributed by atoms with Crippen LogP contribution in [0.25, 0.3) is 0 Å². The van der Waals surface area contributed by atoms with E-state index in [2.05, 4.69) is 25.1 Å². The van der Waals surface area contributed by atoms with Crippen LogP contribution in [-0.4, -0.2) is 83.6 Å². The highest BCUT2D eigenvalue weighted by Gasteiger charge is 2.46. The summed E-state index contributed by atoms with van der Waals surface area (Å²) in [6, 6.07) is 4.03. The van der Waals surface area contributed by atoms with Gasteiger partial charge in [-0.3, -0.25) is 4.79 Å². The van der Waals surface area contributed by atoms with Crippen molar-refractivity contribution in [3.8, 4) is 11.5 Å². The smallest absolute Gasteiger partial charge is 0.258 e. The summed E-state index contributed by atoms with van der Waals surface area (Å²) in [5.41, 5.74) is 0.519. The fraction of sp³-hybridized carbons (Fsp3) is 0.621. The van der Waals surface area contributed by atoms with Gasteiger partial charge in [0.1, 0.15) is 17.9 Å². The Morgan fingerprint density at radius 1 is 1.18 bits per heavy atom. The van der Waals surface area contributed by atoms with Crippen LogP contribution in [0.2, 0.25) is 0 Å². The molecule has 2 aromatic rings. The molecule has 1 aromatic carbocycles. The lowest BCUT2D eigenvalue weighted by Gasteiger charge is -2.54. The van der Waals surface area contributed by atoms with E-state index in [0.29, 0.717) is 16.9 Å². The van der Waals surface area contributed by atoms with Crippen LogP contribution in [0.15, 0.2) is 30.7 Å². The lowest BCUT2D eigenvalue weighted by Crippen LogP contribution is -2.61. The molecule has 0 bridgehead atoms. The maximum absolute atomic E-state index is 14.3. The van der Waals surface area contributed by atoms with Crippen molar-refractivity contribution in [2.75, 3.05) is 50.7 Å². The Labute approximate surface area is 237 Å². The van der Waals surface area contributed by atoms with Crippen LogP contribution >= 0.6 is 12.4 Å². The van der Waals surface area contributed by atoms with E-state index in [-0.39, 0.29) is 36.0 Å². The molecule has 8 nitrogen and oxygen atoms in total. The van der Waals surface area contributed by atoms with E-state index in [4.69, 9.17) is 4.74 Å². The number of benzene rings is 1. The first kappa shape index (κ1) is 29.5. The van der Waals surface area contributed by atoms with Crippen molar-refractivity contribution in [1.82, 2.24) is 25.1 Å². The molecule has 3 saturated heterocycles. The largest absolute Gasteiger partial charge is 0.451 e. The van der Waals surface area contributed by atoms with Gasteiger partial charge in [-0.2, -0.15) is 0 Å². The number of hydrogen-bond donors (Lipinski definition) is 1. The number of piperidine rings is 1. The molecule has 3 fully saturated rings. The van der Waals surface area contributed by atoms with E-state index in [1.165, 1.54) is 50.3 Å². The summed E-state index contributed by atoms with van der Waals surface area (Å²) >= 11 is 0. The average Bonchev–Trinajstić information content (AvgIpc) is 3.37. The van der Waals surface area contributed by atoms with Crippen molar-refractivity contribution in [3.63, 3.8) is 0 Å². The molecule has 214 valence electrons. The molecule has 10 heteroatoms. The molecule has 0 unspecified atom stereocenters. The van der Waals surface area contributed by atoms with Crippen LogP contribution in [0.3, 0.4) is 0 Å². The molecule has 0 aliphatic carbocycles. The number of likely N-dealkylation sites (tertiary alicyclic amines) is 1. The SMILES string of the molecule is CC(C)N(C(=O)c1cc(F)ccc1Oc1cncnc1N1CC2(CCN(C[C@@H]3CCNC3)CC2)C1)C(C)C.Cl. The summed E-state index contributed by atoms with van der Waals surface area (Å²) in [6.45, 7) is 15.5. The Balaban J connectivity index is 0.00000353. The fourth-order valence-electron chi connectivity index (χ4n) is 6.38. The molecule has 1 atom stereocenters. The third kappa shape index (κ3) is 6.47.